The van der Waals surface area contributed by atoms with E-state index in [0.717, 1.165) is 11.4 Å². The van der Waals surface area contributed by atoms with Crippen molar-refractivity contribution in [2.24, 2.45) is 17.8 Å². The van der Waals surface area contributed by atoms with Crippen LogP contribution in [0.3, 0.4) is 0 Å². The number of hydrogen-bond donors (Lipinski definition) is 1. The number of hydrogen-bond acceptors (Lipinski definition) is 2. The standard InChI is InChI=1S/C16H21NO2/c1-2-19-12-9-7-11(8-10-12)17-16(18)15-13-5-3-4-6-14(13)15/h7-10,13-15H,2-6H2,1H3,(H,17,18)/t13-,14-/m1/s1. The van der Waals surface area contributed by atoms with Crippen molar-refractivity contribution in [3.63, 3.8) is 0 Å². The highest BCUT2D eigenvalue weighted by Gasteiger charge is 2.54. The van der Waals surface area contributed by atoms with Gasteiger partial charge >= 0.3 is 0 Å². The van der Waals surface area contributed by atoms with Crippen molar-refractivity contribution in [1.29, 1.82) is 0 Å². The molecule has 0 spiro atoms. The number of carbonyl (C=O) groups excluding carboxylic acids is 1. The summed E-state index contributed by atoms with van der Waals surface area (Å²) in [6, 6.07) is 7.63. The molecule has 0 heterocycles. The normalized spacial score (nSPS) is 28.4. The summed E-state index contributed by atoms with van der Waals surface area (Å²) in [5.74, 6) is 2.66. The van der Waals surface area contributed by atoms with E-state index in [1.165, 1.54) is 25.7 Å². The summed E-state index contributed by atoms with van der Waals surface area (Å²) in [4.78, 5) is 12.2. The van der Waals surface area contributed by atoms with Gasteiger partial charge in [0.05, 0.1) is 6.61 Å². The fourth-order valence-electron chi connectivity index (χ4n) is 3.41. The summed E-state index contributed by atoms with van der Waals surface area (Å²) in [6.45, 7) is 2.63. The van der Waals surface area contributed by atoms with E-state index in [0.29, 0.717) is 18.4 Å². The van der Waals surface area contributed by atoms with Crippen LogP contribution in [0.5, 0.6) is 5.75 Å². The van der Waals surface area contributed by atoms with Gasteiger partial charge in [-0.3, -0.25) is 4.79 Å². The zero-order chi connectivity index (χ0) is 13.2. The van der Waals surface area contributed by atoms with Crippen molar-refractivity contribution >= 4 is 11.6 Å². The number of ether oxygens (including phenoxy) is 1. The predicted octanol–water partition coefficient (Wildman–Crippen LogP) is 3.46. The second kappa shape index (κ2) is 5.24. The minimum atomic E-state index is 0.209. The molecule has 2 aliphatic carbocycles. The van der Waals surface area contributed by atoms with Crippen molar-refractivity contribution in [2.45, 2.75) is 32.6 Å². The average Bonchev–Trinajstić information content (AvgIpc) is 3.15. The molecule has 0 radical (unpaired) electrons. The Bertz CT molecular complexity index is 442. The number of fused-ring (bicyclic) bond motifs is 1. The van der Waals surface area contributed by atoms with Gasteiger partial charge in [0.1, 0.15) is 5.75 Å². The number of carbonyl (C=O) groups is 1. The summed E-state index contributed by atoms with van der Waals surface area (Å²) < 4.78 is 5.39. The van der Waals surface area contributed by atoms with Crippen LogP contribution in [0.15, 0.2) is 24.3 Å². The van der Waals surface area contributed by atoms with E-state index in [1.54, 1.807) is 0 Å². The second-order valence-corrected chi connectivity index (χ2v) is 5.58. The molecular formula is C16H21NO2. The molecule has 102 valence electrons. The smallest absolute Gasteiger partial charge is 0.228 e. The topological polar surface area (TPSA) is 38.3 Å². The van der Waals surface area contributed by atoms with Gasteiger partial charge in [0.15, 0.2) is 0 Å². The lowest BCUT2D eigenvalue weighted by atomic mass is 10.0. The summed E-state index contributed by atoms with van der Waals surface area (Å²) >= 11 is 0. The fraction of sp³-hybridized carbons (Fsp3) is 0.562. The van der Waals surface area contributed by atoms with Gasteiger partial charge in [0.2, 0.25) is 5.91 Å². The molecule has 0 unspecified atom stereocenters. The Morgan fingerprint density at radius 1 is 1.21 bits per heavy atom. The van der Waals surface area contributed by atoms with Gasteiger partial charge in [0, 0.05) is 11.6 Å². The molecule has 2 aliphatic rings. The van der Waals surface area contributed by atoms with E-state index in [4.69, 9.17) is 4.74 Å². The van der Waals surface area contributed by atoms with Gasteiger partial charge in [0.25, 0.3) is 0 Å². The maximum absolute atomic E-state index is 12.2. The van der Waals surface area contributed by atoms with E-state index < -0.39 is 0 Å². The lowest BCUT2D eigenvalue weighted by Crippen LogP contribution is -2.15. The zero-order valence-electron chi connectivity index (χ0n) is 11.4. The van der Waals surface area contributed by atoms with Gasteiger partial charge in [-0.2, -0.15) is 0 Å². The maximum Gasteiger partial charge on any atom is 0.228 e. The van der Waals surface area contributed by atoms with Gasteiger partial charge < -0.3 is 10.1 Å². The van der Waals surface area contributed by atoms with Crippen molar-refractivity contribution in [3.05, 3.63) is 24.3 Å². The molecule has 1 aromatic carbocycles. The number of amides is 1. The highest BCUT2D eigenvalue weighted by molar-refractivity contribution is 5.94. The molecule has 19 heavy (non-hydrogen) atoms. The maximum atomic E-state index is 12.2. The third-order valence-electron chi connectivity index (χ3n) is 4.39. The van der Waals surface area contributed by atoms with Crippen LogP contribution in [0.1, 0.15) is 32.6 Å². The van der Waals surface area contributed by atoms with E-state index >= 15 is 0 Å². The molecule has 0 bridgehead atoms. The highest BCUT2D eigenvalue weighted by atomic mass is 16.5. The van der Waals surface area contributed by atoms with Crippen LogP contribution in [0, 0.1) is 17.8 Å². The molecule has 3 heteroatoms. The van der Waals surface area contributed by atoms with Crippen LogP contribution < -0.4 is 10.1 Å². The molecule has 1 N–H and O–H groups in total. The summed E-state index contributed by atoms with van der Waals surface area (Å²) in [5, 5.41) is 3.04. The van der Waals surface area contributed by atoms with E-state index in [9.17, 15) is 4.79 Å². The van der Waals surface area contributed by atoms with E-state index in [-0.39, 0.29) is 11.8 Å². The molecule has 2 atom stereocenters. The van der Waals surface area contributed by atoms with Gasteiger partial charge in [-0.1, -0.05) is 12.8 Å². The molecule has 3 nitrogen and oxygen atoms in total. The van der Waals surface area contributed by atoms with E-state index in [1.807, 2.05) is 31.2 Å². The Balaban J connectivity index is 1.57. The summed E-state index contributed by atoms with van der Waals surface area (Å²) in [6.07, 6.45) is 5.08. The van der Waals surface area contributed by atoms with Crippen LogP contribution in [0.25, 0.3) is 0 Å². The number of benzene rings is 1. The Morgan fingerprint density at radius 3 is 2.42 bits per heavy atom. The third-order valence-corrected chi connectivity index (χ3v) is 4.39. The van der Waals surface area contributed by atoms with Crippen molar-refractivity contribution in [2.75, 3.05) is 11.9 Å². The largest absolute Gasteiger partial charge is 0.494 e. The Kier molecular flexibility index (Phi) is 3.45. The molecule has 0 aromatic heterocycles. The molecule has 1 amide bonds. The minimum Gasteiger partial charge on any atom is -0.494 e. The highest BCUT2D eigenvalue weighted by Crippen LogP contribution is 2.55. The first-order valence-corrected chi connectivity index (χ1v) is 7.33. The number of nitrogens with one attached hydrogen (secondary N) is 1. The lowest BCUT2D eigenvalue weighted by molar-refractivity contribution is -0.117. The molecule has 3 rings (SSSR count). The fourth-order valence-corrected chi connectivity index (χ4v) is 3.41. The van der Waals surface area contributed by atoms with Crippen LogP contribution in [-0.4, -0.2) is 12.5 Å². The molecule has 2 saturated carbocycles. The van der Waals surface area contributed by atoms with Gasteiger partial charge in [-0.15, -0.1) is 0 Å². The van der Waals surface area contributed by atoms with Crippen molar-refractivity contribution < 1.29 is 9.53 Å². The first-order valence-electron chi connectivity index (χ1n) is 7.33. The SMILES string of the molecule is CCOc1ccc(NC(=O)C2[C@@H]3CCCC[C@@H]23)cc1. The quantitative estimate of drug-likeness (QED) is 0.899. The molecule has 2 fully saturated rings. The third kappa shape index (κ3) is 2.60. The van der Waals surface area contributed by atoms with E-state index in [2.05, 4.69) is 5.32 Å². The summed E-state index contributed by atoms with van der Waals surface area (Å²) in [5.41, 5.74) is 0.872. The first kappa shape index (κ1) is 12.5. The van der Waals surface area contributed by atoms with Crippen LogP contribution >= 0.6 is 0 Å². The minimum absolute atomic E-state index is 0.209. The molecule has 0 saturated heterocycles. The zero-order valence-corrected chi connectivity index (χ0v) is 11.4. The first-order chi connectivity index (χ1) is 9.29. The second-order valence-electron chi connectivity index (χ2n) is 5.58. The van der Waals surface area contributed by atoms with Gasteiger partial charge in [-0.25, -0.2) is 0 Å². The van der Waals surface area contributed by atoms with Crippen LogP contribution in [0.4, 0.5) is 5.69 Å². The monoisotopic (exact) mass is 259 g/mol. The Labute approximate surface area is 114 Å². The Hall–Kier alpha value is -1.51. The predicted molar refractivity (Wildman–Crippen MR) is 75.2 cm³/mol. The number of anilines is 1. The molecule has 1 aromatic rings. The number of rotatable bonds is 4. The van der Waals surface area contributed by atoms with Crippen LogP contribution in [-0.2, 0) is 4.79 Å². The van der Waals surface area contributed by atoms with Gasteiger partial charge in [-0.05, 0) is 55.9 Å². The van der Waals surface area contributed by atoms with Crippen molar-refractivity contribution in [1.82, 2.24) is 0 Å². The lowest BCUT2D eigenvalue weighted by Gasteiger charge is -2.07. The summed E-state index contributed by atoms with van der Waals surface area (Å²) in [7, 11) is 0. The molecular weight excluding hydrogens is 238 g/mol. The van der Waals surface area contributed by atoms with Crippen molar-refractivity contribution in [3.8, 4) is 5.75 Å². The Morgan fingerprint density at radius 2 is 1.84 bits per heavy atom. The molecule has 0 aliphatic heterocycles. The average molecular weight is 259 g/mol. The van der Waals surface area contributed by atoms with Crippen LogP contribution in [0.2, 0.25) is 0 Å².